The van der Waals surface area contributed by atoms with Crippen LogP contribution in [-0.2, 0) is 19.1 Å². The van der Waals surface area contributed by atoms with E-state index in [-0.39, 0.29) is 35.6 Å². The van der Waals surface area contributed by atoms with Crippen LogP contribution in [0.3, 0.4) is 0 Å². The molecule has 0 amide bonds. The van der Waals surface area contributed by atoms with Crippen molar-refractivity contribution in [1.82, 2.24) is 0 Å². The number of hydrogen-bond donors (Lipinski definition) is 0. The van der Waals surface area contributed by atoms with Crippen LogP contribution < -0.4 is 0 Å². The van der Waals surface area contributed by atoms with Gasteiger partial charge < -0.3 is 9.47 Å². The van der Waals surface area contributed by atoms with E-state index < -0.39 is 11.5 Å². The largest absolute Gasteiger partial charge is 0.490 e. The SMILES string of the molecule is C=C1OC2CC(C)C3C=CC(=O)C3(C)C(OC(C)=O)C2C1=C. The van der Waals surface area contributed by atoms with Gasteiger partial charge in [0.15, 0.2) is 5.78 Å². The quantitative estimate of drug-likeness (QED) is 0.699. The molecule has 3 aliphatic rings. The van der Waals surface area contributed by atoms with Gasteiger partial charge in [-0.25, -0.2) is 0 Å². The highest BCUT2D eigenvalue weighted by molar-refractivity contribution is 5.98. The van der Waals surface area contributed by atoms with Crippen LogP contribution in [0.2, 0.25) is 0 Å². The van der Waals surface area contributed by atoms with E-state index in [1.165, 1.54) is 6.92 Å². The minimum Gasteiger partial charge on any atom is -0.490 e. The monoisotopic (exact) mass is 302 g/mol. The van der Waals surface area contributed by atoms with Gasteiger partial charge in [-0.15, -0.1) is 0 Å². The maximum absolute atomic E-state index is 12.6. The molecule has 0 aromatic rings. The van der Waals surface area contributed by atoms with E-state index in [1.54, 1.807) is 6.08 Å². The van der Waals surface area contributed by atoms with Gasteiger partial charge in [0, 0.05) is 6.92 Å². The summed E-state index contributed by atoms with van der Waals surface area (Å²) in [5.74, 6) is 0.251. The molecule has 0 aromatic heterocycles. The van der Waals surface area contributed by atoms with Crippen LogP contribution in [0.15, 0.2) is 36.6 Å². The number of carbonyl (C=O) groups is 2. The molecule has 0 radical (unpaired) electrons. The van der Waals surface area contributed by atoms with Crippen molar-refractivity contribution in [2.75, 3.05) is 0 Å². The van der Waals surface area contributed by atoms with Crippen molar-refractivity contribution in [2.24, 2.45) is 23.2 Å². The predicted molar refractivity (Wildman–Crippen MR) is 81.7 cm³/mol. The number of hydrogen-bond acceptors (Lipinski definition) is 4. The molecule has 2 aliphatic carbocycles. The summed E-state index contributed by atoms with van der Waals surface area (Å²) < 4.78 is 11.5. The molecule has 0 aromatic carbocycles. The van der Waals surface area contributed by atoms with Crippen molar-refractivity contribution in [3.63, 3.8) is 0 Å². The lowest BCUT2D eigenvalue weighted by molar-refractivity contribution is -0.162. The Hall–Kier alpha value is -1.84. The number of rotatable bonds is 1. The first-order chi connectivity index (χ1) is 10.3. The molecule has 6 atom stereocenters. The molecular weight excluding hydrogens is 280 g/mol. The van der Waals surface area contributed by atoms with Gasteiger partial charge in [-0.05, 0) is 36.8 Å². The van der Waals surface area contributed by atoms with Crippen LogP contribution in [0.1, 0.15) is 27.2 Å². The van der Waals surface area contributed by atoms with Gasteiger partial charge in [0.25, 0.3) is 0 Å². The smallest absolute Gasteiger partial charge is 0.302 e. The number of ether oxygens (including phenoxy) is 2. The highest BCUT2D eigenvalue weighted by atomic mass is 16.6. The van der Waals surface area contributed by atoms with Crippen LogP contribution in [0.4, 0.5) is 0 Å². The first kappa shape index (κ1) is 15.1. The Labute approximate surface area is 130 Å². The molecule has 0 bridgehead atoms. The lowest BCUT2D eigenvalue weighted by Crippen LogP contribution is -2.49. The van der Waals surface area contributed by atoms with E-state index in [0.29, 0.717) is 5.76 Å². The Balaban J connectivity index is 2.12. The molecule has 1 heterocycles. The van der Waals surface area contributed by atoms with Gasteiger partial charge >= 0.3 is 5.97 Å². The number of ketones is 1. The molecule has 1 aliphatic heterocycles. The predicted octanol–water partition coefficient (Wildman–Crippen LogP) is 2.80. The average molecular weight is 302 g/mol. The molecule has 118 valence electrons. The normalized spacial score (nSPS) is 43.4. The van der Waals surface area contributed by atoms with Crippen LogP contribution in [0.5, 0.6) is 0 Å². The lowest BCUT2D eigenvalue weighted by atomic mass is 9.67. The summed E-state index contributed by atoms with van der Waals surface area (Å²) in [5, 5.41) is 0. The highest BCUT2D eigenvalue weighted by Crippen LogP contribution is 2.55. The van der Waals surface area contributed by atoms with Gasteiger partial charge in [-0.3, -0.25) is 9.59 Å². The molecule has 2 fully saturated rings. The van der Waals surface area contributed by atoms with Crippen LogP contribution in [0.25, 0.3) is 0 Å². The van der Waals surface area contributed by atoms with Crippen LogP contribution >= 0.6 is 0 Å². The lowest BCUT2D eigenvalue weighted by Gasteiger charge is -2.39. The molecule has 1 saturated carbocycles. The summed E-state index contributed by atoms with van der Waals surface area (Å²) in [6, 6.07) is 0. The molecule has 6 unspecified atom stereocenters. The van der Waals surface area contributed by atoms with Crippen molar-refractivity contribution in [3.8, 4) is 0 Å². The van der Waals surface area contributed by atoms with Gasteiger partial charge in [0.05, 0.1) is 11.3 Å². The summed E-state index contributed by atoms with van der Waals surface area (Å²) in [4.78, 5) is 24.3. The zero-order valence-electron chi connectivity index (χ0n) is 13.3. The first-order valence-electron chi connectivity index (χ1n) is 7.71. The Morgan fingerprint density at radius 3 is 2.77 bits per heavy atom. The van der Waals surface area contributed by atoms with Gasteiger partial charge in [0.2, 0.25) is 0 Å². The van der Waals surface area contributed by atoms with Crippen molar-refractivity contribution >= 4 is 11.8 Å². The van der Waals surface area contributed by atoms with Crippen molar-refractivity contribution in [3.05, 3.63) is 36.6 Å². The summed E-state index contributed by atoms with van der Waals surface area (Å²) in [6.45, 7) is 13.4. The van der Waals surface area contributed by atoms with E-state index >= 15 is 0 Å². The van der Waals surface area contributed by atoms with Gasteiger partial charge in [-0.2, -0.15) is 0 Å². The second-order valence-electron chi connectivity index (χ2n) is 6.91. The van der Waals surface area contributed by atoms with Crippen molar-refractivity contribution in [1.29, 1.82) is 0 Å². The van der Waals surface area contributed by atoms with E-state index in [0.717, 1.165) is 12.0 Å². The summed E-state index contributed by atoms with van der Waals surface area (Å²) >= 11 is 0. The van der Waals surface area contributed by atoms with Crippen molar-refractivity contribution < 1.29 is 19.1 Å². The van der Waals surface area contributed by atoms with Crippen molar-refractivity contribution in [2.45, 2.75) is 39.4 Å². The molecule has 0 spiro atoms. The van der Waals surface area contributed by atoms with E-state index in [4.69, 9.17) is 9.47 Å². The first-order valence-corrected chi connectivity index (χ1v) is 7.71. The molecular formula is C18H22O4. The second-order valence-corrected chi connectivity index (χ2v) is 6.91. The number of fused-ring (bicyclic) bond motifs is 2. The third-order valence-corrected chi connectivity index (χ3v) is 5.56. The number of carbonyl (C=O) groups excluding carboxylic acids is 2. The topological polar surface area (TPSA) is 52.6 Å². The summed E-state index contributed by atoms with van der Waals surface area (Å²) in [5.41, 5.74) is -0.0217. The average Bonchev–Trinajstić information content (AvgIpc) is 2.84. The van der Waals surface area contributed by atoms with Gasteiger partial charge in [-0.1, -0.05) is 26.2 Å². The summed E-state index contributed by atoms with van der Waals surface area (Å²) in [7, 11) is 0. The number of esters is 1. The Morgan fingerprint density at radius 2 is 2.14 bits per heavy atom. The second kappa shape index (κ2) is 4.83. The van der Waals surface area contributed by atoms with Crippen LogP contribution in [-0.4, -0.2) is 24.0 Å². The Kier molecular flexibility index (Phi) is 3.31. The molecule has 4 heteroatoms. The summed E-state index contributed by atoms with van der Waals surface area (Å²) in [6.07, 6.45) is 3.67. The Bertz CT molecular complexity index is 602. The Morgan fingerprint density at radius 1 is 1.45 bits per heavy atom. The minimum atomic E-state index is -0.762. The molecule has 3 rings (SSSR count). The van der Waals surface area contributed by atoms with Gasteiger partial charge in [0.1, 0.15) is 18.0 Å². The molecule has 0 N–H and O–H groups in total. The van der Waals surface area contributed by atoms with E-state index in [9.17, 15) is 9.59 Å². The zero-order chi connectivity index (χ0) is 16.2. The third-order valence-electron chi connectivity index (χ3n) is 5.56. The molecule has 1 saturated heterocycles. The maximum atomic E-state index is 12.6. The fourth-order valence-electron chi connectivity index (χ4n) is 4.42. The fourth-order valence-corrected chi connectivity index (χ4v) is 4.42. The third kappa shape index (κ3) is 1.89. The number of allylic oxidation sites excluding steroid dienone is 3. The van der Waals surface area contributed by atoms with E-state index in [1.807, 2.05) is 13.0 Å². The minimum absolute atomic E-state index is 0.0153. The standard InChI is InChI=1S/C18H22O4/c1-9-8-14-16(10(2)11(3)21-14)17(22-12(4)19)18(5)13(9)6-7-15(18)20/h6-7,9,13-14,16-17H,2-3,8H2,1,4-5H3. The molecule has 4 nitrogen and oxygen atoms in total. The highest BCUT2D eigenvalue weighted by Gasteiger charge is 2.60. The fraction of sp³-hybridized carbons (Fsp3) is 0.556. The van der Waals surface area contributed by atoms with E-state index in [2.05, 4.69) is 20.1 Å². The van der Waals surface area contributed by atoms with Crippen LogP contribution in [0, 0.1) is 23.2 Å². The maximum Gasteiger partial charge on any atom is 0.302 e. The molecule has 22 heavy (non-hydrogen) atoms. The zero-order valence-corrected chi connectivity index (χ0v) is 13.3.